The number of halogens is 1. The van der Waals surface area contributed by atoms with Gasteiger partial charge in [0.25, 0.3) is 0 Å². The van der Waals surface area contributed by atoms with Gasteiger partial charge in [-0.3, -0.25) is 0 Å². The van der Waals surface area contributed by atoms with E-state index in [1.807, 2.05) is 6.92 Å². The Hall–Kier alpha value is -0.740. The summed E-state index contributed by atoms with van der Waals surface area (Å²) in [5.41, 5.74) is 5.51. The van der Waals surface area contributed by atoms with Crippen LogP contribution in [0.3, 0.4) is 0 Å². The Bertz CT molecular complexity index is 280. The predicted molar refractivity (Wildman–Crippen MR) is 53.2 cm³/mol. The molecule has 1 aromatic rings. The number of anilines is 1. The smallest absolute Gasteiger partial charge is 0.147 e. The van der Waals surface area contributed by atoms with Gasteiger partial charge in [-0.15, -0.1) is 0 Å². The van der Waals surface area contributed by atoms with Crippen LogP contribution in [0.4, 0.5) is 10.1 Å². The zero-order chi connectivity index (χ0) is 9.68. The second-order valence-corrected chi connectivity index (χ2v) is 3.43. The van der Waals surface area contributed by atoms with Crippen molar-refractivity contribution in [3.8, 4) is 0 Å². The van der Waals surface area contributed by atoms with Crippen LogP contribution in [-0.2, 0) is 4.74 Å². The van der Waals surface area contributed by atoms with Gasteiger partial charge in [0.2, 0.25) is 0 Å². The summed E-state index contributed by atoms with van der Waals surface area (Å²) in [5, 5.41) is 0. The average Bonchev–Trinajstić information content (AvgIpc) is 2.12. The Kier molecular flexibility index (Phi) is 4.05. The van der Waals surface area contributed by atoms with Crippen LogP contribution >= 0.6 is 11.8 Å². The third kappa shape index (κ3) is 3.24. The maximum atomic E-state index is 12.9. The molecule has 72 valence electrons. The first-order valence-corrected chi connectivity index (χ1v) is 4.98. The minimum absolute atomic E-state index is 0.181. The molecule has 0 bridgehead atoms. The molecule has 0 aromatic heterocycles. The molecule has 0 aliphatic rings. The summed E-state index contributed by atoms with van der Waals surface area (Å²) in [6.07, 6.45) is 0. The SMILES string of the molecule is CCOCSc1ccc(N)c(F)c1. The van der Waals surface area contributed by atoms with Crippen molar-refractivity contribution in [1.82, 2.24) is 0 Å². The van der Waals surface area contributed by atoms with Crippen LogP contribution in [0, 0.1) is 5.82 Å². The molecule has 0 atom stereocenters. The van der Waals surface area contributed by atoms with Crippen LogP contribution in [0.25, 0.3) is 0 Å². The van der Waals surface area contributed by atoms with E-state index in [2.05, 4.69) is 0 Å². The summed E-state index contributed by atoms with van der Waals surface area (Å²) >= 11 is 1.45. The molecule has 4 heteroatoms. The van der Waals surface area contributed by atoms with Crippen molar-refractivity contribution in [1.29, 1.82) is 0 Å². The largest absolute Gasteiger partial charge is 0.396 e. The van der Waals surface area contributed by atoms with Crippen LogP contribution in [-0.4, -0.2) is 12.5 Å². The molecular formula is C9H12FNOS. The van der Waals surface area contributed by atoms with Gasteiger partial charge in [-0.2, -0.15) is 0 Å². The van der Waals surface area contributed by atoms with E-state index in [-0.39, 0.29) is 11.5 Å². The number of nitrogens with two attached hydrogens (primary N) is 1. The van der Waals surface area contributed by atoms with E-state index in [1.54, 1.807) is 12.1 Å². The van der Waals surface area contributed by atoms with E-state index in [9.17, 15) is 4.39 Å². The van der Waals surface area contributed by atoms with E-state index in [1.165, 1.54) is 17.8 Å². The minimum atomic E-state index is -0.374. The molecule has 13 heavy (non-hydrogen) atoms. The molecule has 0 amide bonds. The highest BCUT2D eigenvalue weighted by atomic mass is 32.2. The Morgan fingerprint density at radius 3 is 2.92 bits per heavy atom. The number of thioether (sulfide) groups is 1. The zero-order valence-electron chi connectivity index (χ0n) is 7.42. The molecule has 0 saturated heterocycles. The van der Waals surface area contributed by atoms with Crippen LogP contribution in [0.5, 0.6) is 0 Å². The van der Waals surface area contributed by atoms with E-state index in [0.29, 0.717) is 12.5 Å². The Morgan fingerprint density at radius 1 is 1.54 bits per heavy atom. The van der Waals surface area contributed by atoms with Crippen molar-refractivity contribution in [2.75, 3.05) is 18.3 Å². The number of ether oxygens (including phenoxy) is 1. The summed E-state index contributed by atoms with van der Waals surface area (Å²) < 4.78 is 18.0. The van der Waals surface area contributed by atoms with Crippen LogP contribution < -0.4 is 5.73 Å². The molecule has 0 heterocycles. The van der Waals surface area contributed by atoms with Gasteiger partial charge in [-0.25, -0.2) is 4.39 Å². The molecule has 1 aromatic carbocycles. The lowest BCUT2D eigenvalue weighted by atomic mass is 10.3. The standard InChI is InChI=1S/C9H12FNOS/c1-2-12-6-13-7-3-4-9(11)8(10)5-7/h3-5H,2,6,11H2,1H3. The predicted octanol–water partition coefficient (Wildman–Crippen LogP) is 2.49. The van der Waals surface area contributed by atoms with E-state index < -0.39 is 0 Å². The number of rotatable bonds is 4. The summed E-state index contributed by atoms with van der Waals surface area (Å²) in [4.78, 5) is 0.833. The van der Waals surface area contributed by atoms with Crippen molar-refractivity contribution >= 4 is 17.4 Å². The molecule has 0 saturated carbocycles. The first-order chi connectivity index (χ1) is 6.24. The van der Waals surface area contributed by atoms with Crippen LogP contribution in [0.2, 0.25) is 0 Å². The highest BCUT2D eigenvalue weighted by Crippen LogP contribution is 2.21. The lowest BCUT2D eigenvalue weighted by Gasteiger charge is -2.02. The second-order valence-electron chi connectivity index (χ2n) is 2.44. The highest BCUT2D eigenvalue weighted by molar-refractivity contribution is 7.99. The fraction of sp³-hybridized carbons (Fsp3) is 0.333. The molecule has 0 unspecified atom stereocenters. The maximum absolute atomic E-state index is 12.9. The zero-order valence-corrected chi connectivity index (χ0v) is 8.23. The quantitative estimate of drug-likeness (QED) is 0.352. The topological polar surface area (TPSA) is 35.2 Å². The van der Waals surface area contributed by atoms with Gasteiger partial charge in [0.05, 0.1) is 11.6 Å². The number of hydrogen-bond donors (Lipinski definition) is 1. The first-order valence-electron chi connectivity index (χ1n) is 3.99. The average molecular weight is 201 g/mol. The molecule has 0 aliphatic heterocycles. The van der Waals surface area contributed by atoms with Crippen molar-refractivity contribution < 1.29 is 9.13 Å². The van der Waals surface area contributed by atoms with Gasteiger partial charge in [-0.05, 0) is 25.1 Å². The number of nitrogen functional groups attached to an aromatic ring is 1. The Morgan fingerprint density at radius 2 is 2.31 bits per heavy atom. The van der Waals surface area contributed by atoms with Gasteiger partial charge in [-0.1, -0.05) is 11.8 Å². The number of hydrogen-bond acceptors (Lipinski definition) is 3. The molecule has 0 aliphatic carbocycles. The summed E-state index contributed by atoms with van der Waals surface area (Å²) in [6.45, 7) is 2.59. The van der Waals surface area contributed by atoms with Crippen LogP contribution in [0.15, 0.2) is 23.1 Å². The summed E-state index contributed by atoms with van der Waals surface area (Å²) in [6, 6.07) is 4.75. The fourth-order valence-electron chi connectivity index (χ4n) is 0.791. The van der Waals surface area contributed by atoms with Gasteiger partial charge in [0.1, 0.15) is 5.82 Å². The molecular weight excluding hydrogens is 189 g/mol. The molecule has 0 radical (unpaired) electrons. The van der Waals surface area contributed by atoms with Crippen molar-refractivity contribution in [2.45, 2.75) is 11.8 Å². The van der Waals surface area contributed by atoms with E-state index in [4.69, 9.17) is 10.5 Å². The highest BCUT2D eigenvalue weighted by Gasteiger charge is 1.99. The molecule has 2 N–H and O–H groups in total. The van der Waals surface area contributed by atoms with E-state index in [0.717, 1.165) is 4.90 Å². The first kappa shape index (κ1) is 10.3. The molecule has 0 fully saturated rings. The monoisotopic (exact) mass is 201 g/mol. The lowest BCUT2D eigenvalue weighted by Crippen LogP contribution is -1.91. The summed E-state index contributed by atoms with van der Waals surface area (Å²) in [7, 11) is 0. The van der Waals surface area contributed by atoms with E-state index >= 15 is 0 Å². The lowest BCUT2D eigenvalue weighted by molar-refractivity contribution is 0.199. The van der Waals surface area contributed by atoms with Gasteiger partial charge < -0.3 is 10.5 Å². The minimum Gasteiger partial charge on any atom is -0.396 e. The van der Waals surface area contributed by atoms with Gasteiger partial charge in [0.15, 0.2) is 0 Å². The van der Waals surface area contributed by atoms with Crippen molar-refractivity contribution in [3.05, 3.63) is 24.0 Å². The molecule has 2 nitrogen and oxygen atoms in total. The number of benzene rings is 1. The van der Waals surface area contributed by atoms with Crippen molar-refractivity contribution in [2.24, 2.45) is 0 Å². The second kappa shape index (κ2) is 5.09. The van der Waals surface area contributed by atoms with Gasteiger partial charge >= 0.3 is 0 Å². The van der Waals surface area contributed by atoms with Crippen LogP contribution in [0.1, 0.15) is 6.92 Å². The normalized spacial score (nSPS) is 10.3. The molecule has 1 rings (SSSR count). The van der Waals surface area contributed by atoms with Gasteiger partial charge in [0, 0.05) is 11.5 Å². The summed E-state index contributed by atoms with van der Waals surface area (Å²) in [5.74, 6) is 0.168. The fourth-order valence-corrected chi connectivity index (χ4v) is 1.53. The Labute approximate surface area is 81.3 Å². The Balaban J connectivity index is 2.53. The van der Waals surface area contributed by atoms with Crippen molar-refractivity contribution in [3.63, 3.8) is 0 Å². The molecule has 0 spiro atoms. The third-order valence-electron chi connectivity index (χ3n) is 1.48. The maximum Gasteiger partial charge on any atom is 0.147 e. The third-order valence-corrected chi connectivity index (χ3v) is 2.36.